The van der Waals surface area contributed by atoms with Crippen molar-refractivity contribution in [3.63, 3.8) is 0 Å². The largest absolute Gasteiger partial charge is 0.365 e. The van der Waals surface area contributed by atoms with Crippen molar-refractivity contribution < 1.29 is 4.79 Å². The Morgan fingerprint density at radius 2 is 1.95 bits per heavy atom. The summed E-state index contributed by atoms with van der Waals surface area (Å²) in [7, 11) is 1.96. The first-order valence-corrected chi connectivity index (χ1v) is 7.63. The molecule has 0 unspecified atom stereocenters. The first kappa shape index (κ1) is 14.9. The predicted molar refractivity (Wildman–Crippen MR) is 83.8 cm³/mol. The normalized spacial score (nSPS) is 26.1. The Hall–Kier alpha value is -1.51. The summed E-state index contributed by atoms with van der Waals surface area (Å²) < 4.78 is 0. The molecule has 2 rings (SSSR count). The van der Waals surface area contributed by atoms with E-state index < -0.39 is 0 Å². The fourth-order valence-corrected chi connectivity index (χ4v) is 3.03. The molecule has 1 amide bonds. The van der Waals surface area contributed by atoms with Crippen LogP contribution in [0.1, 0.15) is 33.1 Å². The molecule has 0 aliphatic heterocycles. The first-order chi connectivity index (χ1) is 9.58. The molecule has 0 bridgehead atoms. The maximum absolute atomic E-state index is 12.2. The van der Waals surface area contributed by atoms with Crippen molar-refractivity contribution in [3.05, 3.63) is 30.3 Å². The van der Waals surface area contributed by atoms with Crippen molar-refractivity contribution in [2.75, 3.05) is 18.5 Å². The average molecular weight is 274 g/mol. The Bertz CT molecular complexity index is 432. The van der Waals surface area contributed by atoms with E-state index in [-0.39, 0.29) is 5.91 Å². The zero-order valence-corrected chi connectivity index (χ0v) is 12.8. The molecule has 0 saturated heterocycles. The molecule has 3 heteroatoms. The monoisotopic (exact) mass is 274 g/mol. The number of nitrogens with zero attached hydrogens (tertiary/aromatic N) is 1. The molecule has 0 radical (unpaired) electrons. The molecule has 1 saturated carbocycles. The molecule has 0 heterocycles. The van der Waals surface area contributed by atoms with Gasteiger partial charge in [0.2, 0.25) is 5.91 Å². The zero-order valence-electron chi connectivity index (χ0n) is 12.8. The van der Waals surface area contributed by atoms with Gasteiger partial charge in [0.05, 0.1) is 6.54 Å². The van der Waals surface area contributed by atoms with E-state index >= 15 is 0 Å². The summed E-state index contributed by atoms with van der Waals surface area (Å²) in [4.78, 5) is 14.2. The van der Waals surface area contributed by atoms with Crippen LogP contribution in [0.25, 0.3) is 0 Å². The lowest BCUT2D eigenvalue weighted by molar-refractivity contribution is -0.121. The zero-order chi connectivity index (χ0) is 14.5. The van der Waals surface area contributed by atoms with E-state index in [0.29, 0.717) is 24.4 Å². The van der Waals surface area contributed by atoms with Crippen LogP contribution in [-0.4, -0.2) is 25.5 Å². The number of likely N-dealkylation sites (N-methyl/N-ethyl adjacent to an activating group) is 1. The van der Waals surface area contributed by atoms with Gasteiger partial charge in [-0.25, -0.2) is 0 Å². The molecule has 0 spiro atoms. The Balaban J connectivity index is 1.86. The van der Waals surface area contributed by atoms with Crippen LogP contribution in [0.5, 0.6) is 0 Å². The second kappa shape index (κ2) is 6.78. The van der Waals surface area contributed by atoms with Crippen LogP contribution in [0.2, 0.25) is 0 Å². The molecule has 3 atom stereocenters. The molecular formula is C17H26N2O. The number of benzene rings is 1. The maximum atomic E-state index is 12.2. The van der Waals surface area contributed by atoms with Crippen molar-refractivity contribution in [3.8, 4) is 0 Å². The molecule has 3 nitrogen and oxygen atoms in total. The SMILES string of the molecule is C[C@@H]1[C@@H](C)CCC[C@H]1NC(=O)CN(C)c1ccccc1. The third-order valence-corrected chi connectivity index (χ3v) is 4.63. The Morgan fingerprint density at radius 1 is 1.25 bits per heavy atom. The van der Waals surface area contributed by atoms with E-state index in [1.54, 1.807) is 0 Å². The van der Waals surface area contributed by atoms with Crippen LogP contribution in [0.3, 0.4) is 0 Å². The van der Waals surface area contributed by atoms with Gasteiger partial charge in [0.15, 0.2) is 0 Å². The van der Waals surface area contributed by atoms with Crippen LogP contribution in [0.4, 0.5) is 5.69 Å². The number of carbonyl (C=O) groups is 1. The molecule has 1 aromatic carbocycles. The maximum Gasteiger partial charge on any atom is 0.239 e. The minimum atomic E-state index is 0.127. The van der Waals surface area contributed by atoms with Crippen molar-refractivity contribution in [1.82, 2.24) is 5.32 Å². The van der Waals surface area contributed by atoms with E-state index in [4.69, 9.17) is 0 Å². The minimum absolute atomic E-state index is 0.127. The number of para-hydroxylation sites is 1. The first-order valence-electron chi connectivity index (χ1n) is 7.63. The predicted octanol–water partition coefficient (Wildman–Crippen LogP) is 3.06. The summed E-state index contributed by atoms with van der Waals surface area (Å²) >= 11 is 0. The number of anilines is 1. The lowest BCUT2D eigenvalue weighted by atomic mass is 9.78. The van der Waals surface area contributed by atoms with E-state index in [1.807, 2.05) is 42.3 Å². The van der Waals surface area contributed by atoms with Gasteiger partial charge in [-0.15, -0.1) is 0 Å². The van der Waals surface area contributed by atoms with E-state index in [2.05, 4.69) is 19.2 Å². The third kappa shape index (κ3) is 3.75. The molecule has 0 aromatic heterocycles. The molecule has 20 heavy (non-hydrogen) atoms. The van der Waals surface area contributed by atoms with Gasteiger partial charge in [-0.2, -0.15) is 0 Å². The van der Waals surface area contributed by atoms with Crippen LogP contribution in [0, 0.1) is 11.8 Å². The van der Waals surface area contributed by atoms with Crippen molar-refractivity contribution in [2.24, 2.45) is 11.8 Å². The number of carbonyl (C=O) groups excluding carboxylic acids is 1. The number of hydrogen-bond donors (Lipinski definition) is 1. The van der Waals surface area contributed by atoms with Gasteiger partial charge in [-0.05, 0) is 30.4 Å². The summed E-state index contributed by atoms with van der Waals surface area (Å²) in [6, 6.07) is 10.4. The van der Waals surface area contributed by atoms with Crippen molar-refractivity contribution in [2.45, 2.75) is 39.2 Å². The standard InChI is InChI=1S/C17H26N2O/c1-13-8-7-11-16(14(13)2)18-17(20)12-19(3)15-9-5-4-6-10-15/h4-6,9-10,13-14,16H,7-8,11-12H2,1-3H3,(H,18,20)/t13-,14+,16+/m0/s1. The summed E-state index contributed by atoms with van der Waals surface area (Å²) in [5.41, 5.74) is 1.08. The molecule has 1 aromatic rings. The van der Waals surface area contributed by atoms with E-state index in [1.165, 1.54) is 12.8 Å². The number of rotatable bonds is 4. The van der Waals surface area contributed by atoms with Gasteiger partial charge < -0.3 is 10.2 Å². The van der Waals surface area contributed by atoms with Crippen LogP contribution >= 0.6 is 0 Å². The van der Waals surface area contributed by atoms with Gasteiger partial charge in [0.1, 0.15) is 0 Å². The fraction of sp³-hybridized carbons (Fsp3) is 0.588. The highest BCUT2D eigenvalue weighted by molar-refractivity contribution is 5.81. The third-order valence-electron chi connectivity index (χ3n) is 4.63. The smallest absolute Gasteiger partial charge is 0.239 e. The minimum Gasteiger partial charge on any atom is -0.365 e. The van der Waals surface area contributed by atoms with Crippen molar-refractivity contribution in [1.29, 1.82) is 0 Å². The lowest BCUT2D eigenvalue weighted by Gasteiger charge is -2.35. The van der Waals surface area contributed by atoms with Gasteiger partial charge >= 0.3 is 0 Å². The summed E-state index contributed by atoms with van der Waals surface area (Å²) in [6.45, 7) is 4.97. The molecule has 1 fully saturated rings. The number of amides is 1. The average Bonchev–Trinajstić information content (AvgIpc) is 2.45. The second-order valence-corrected chi connectivity index (χ2v) is 6.13. The van der Waals surface area contributed by atoms with Gasteiger partial charge in [0.25, 0.3) is 0 Å². The number of hydrogen-bond acceptors (Lipinski definition) is 2. The Labute approximate surface area is 122 Å². The molecular weight excluding hydrogens is 248 g/mol. The van der Waals surface area contributed by atoms with Gasteiger partial charge in [0, 0.05) is 18.8 Å². The van der Waals surface area contributed by atoms with E-state index in [9.17, 15) is 4.79 Å². The van der Waals surface area contributed by atoms with E-state index in [0.717, 1.165) is 12.1 Å². The molecule has 1 N–H and O–H groups in total. The highest BCUT2D eigenvalue weighted by atomic mass is 16.2. The van der Waals surface area contributed by atoms with Crippen molar-refractivity contribution >= 4 is 11.6 Å². The molecule has 1 aliphatic carbocycles. The quantitative estimate of drug-likeness (QED) is 0.915. The van der Waals surface area contributed by atoms with Crippen LogP contribution in [0.15, 0.2) is 30.3 Å². The summed E-state index contributed by atoms with van der Waals surface area (Å²) in [6.07, 6.45) is 3.63. The van der Waals surface area contributed by atoms with Crippen LogP contribution in [-0.2, 0) is 4.79 Å². The lowest BCUT2D eigenvalue weighted by Crippen LogP contribution is -2.46. The van der Waals surface area contributed by atoms with Gasteiger partial charge in [-0.3, -0.25) is 4.79 Å². The summed E-state index contributed by atoms with van der Waals surface area (Å²) in [5, 5.41) is 3.22. The topological polar surface area (TPSA) is 32.3 Å². The van der Waals surface area contributed by atoms with Crippen LogP contribution < -0.4 is 10.2 Å². The highest BCUT2D eigenvalue weighted by Crippen LogP contribution is 2.29. The summed E-state index contributed by atoms with van der Waals surface area (Å²) in [5.74, 6) is 1.41. The van der Waals surface area contributed by atoms with Gasteiger partial charge in [-0.1, -0.05) is 44.9 Å². The fourth-order valence-electron chi connectivity index (χ4n) is 3.03. The molecule has 110 valence electrons. The Kier molecular flexibility index (Phi) is 5.05. The Morgan fingerprint density at radius 3 is 2.65 bits per heavy atom. The molecule has 1 aliphatic rings. The second-order valence-electron chi connectivity index (χ2n) is 6.13. The number of nitrogens with one attached hydrogen (secondary N) is 1. The highest BCUT2D eigenvalue weighted by Gasteiger charge is 2.28.